The van der Waals surface area contributed by atoms with Gasteiger partial charge in [-0.05, 0) is 6.42 Å². The predicted molar refractivity (Wildman–Crippen MR) is 50.3 cm³/mol. The first-order valence-corrected chi connectivity index (χ1v) is 5.45. The van der Waals surface area contributed by atoms with Crippen LogP contribution in [0.5, 0.6) is 0 Å². The number of hydrogen-bond donors (Lipinski definition) is 0. The maximum Gasteiger partial charge on any atom is 0.527 e. The Labute approximate surface area is 122 Å². The van der Waals surface area contributed by atoms with Gasteiger partial charge < -0.3 is 4.74 Å². The van der Waals surface area contributed by atoms with Crippen molar-refractivity contribution >= 4 is 11.9 Å². The average molecular weight is 375 g/mol. The predicted octanol–water partition coefficient (Wildman–Crippen LogP) is 3.89. The lowest BCUT2D eigenvalue weighted by Crippen LogP contribution is -2.51. The Morgan fingerprint density at radius 2 is 1.23 bits per heavy atom. The van der Waals surface area contributed by atoms with Gasteiger partial charge in [-0.1, -0.05) is 0 Å². The lowest BCUT2D eigenvalue weighted by Gasteiger charge is -2.29. The Bertz CT molecular complexity index is 336. The molecule has 0 aliphatic heterocycles. The molecule has 22 heavy (non-hydrogen) atoms. The monoisotopic (exact) mass is 374 g/mol. The molecule has 0 aliphatic rings. The van der Waals surface area contributed by atoms with Crippen LogP contribution in [0.15, 0.2) is 0 Å². The van der Waals surface area contributed by atoms with Crippen molar-refractivity contribution in [3.05, 3.63) is 0 Å². The van der Waals surface area contributed by atoms with Crippen LogP contribution < -0.4 is 0 Å². The molecule has 134 valence electrons. The molecule has 0 aromatic carbocycles. The van der Waals surface area contributed by atoms with E-state index in [9.17, 15) is 39.5 Å². The Morgan fingerprint density at radius 1 is 0.727 bits per heavy atom. The van der Waals surface area contributed by atoms with E-state index in [-0.39, 0.29) is 13.0 Å². The summed E-state index contributed by atoms with van der Waals surface area (Å²) in [5.41, 5.74) is 0. The second-order valence-corrected chi connectivity index (χ2v) is 3.76. The van der Waals surface area contributed by atoms with Crippen molar-refractivity contribution in [2.75, 3.05) is 19.8 Å². The zero-order valence-corrected chi connectivity index (χ0v) is 11.0. The summed E-state index contributed by atoms with van der Waals surface area (Å²) in [7, 11) is 0. The quantitative estimate of drug-likeness (QED) is 0.429. The topological polar surface area (TPSA) is 36.9 Å². The average Bonchev–Trinajstić information content (AvgIpc) is 2.23. The van der Waals surface area contributed by atoms with Crippen molar-refractivity contribution in [1.82, 2.24) is 0 Å². The summed E-state index contributed by atoms with van der Waals surface area (Å²) in [6, 6.07) is 0. The van der Waals surface area contributed by atoms with E-state index >= 15 is 0 Å². The van der Waals surface area contributed by atoms with Crippen LogP contribution in [-0.4, -0.2) is 44.5 Å². The van der Waals surface area contributed by atoms with Crippen molar-refractivity contribution in [2.24, 2.45) is 0 Å². The fourth-order valence-electron chi connectivity index (χ4n) is 0.888. The van der Waals surface area contributed by atoms with Crippen LogP contribution in [0.2, 0.25) is 0 Å². The van der Waals surface area contributed by atoms with Gasteiger partial charge in [0, 0.05) is 6.61 Å². The normalized spacial score (nSPS) is 14.5. The van der Waals surface area contributed by atoms with Gasteiger partial charge in [0.25, 0.3) is 0 Å². The first kappa shape index (κ1) is 21.5. The van der Waals surface area contributed by atoms with Crippen LogP contribution in [0.3, 0.4) is 0 Å². The molecule has 0 N–H and O–H groups in total. The Morgan fingerprint density at radius 3 is 1.68 bits per heavy atom. The lowest BCUT2D eigenvalue weighted by atomic mass is 10.5. The zero-order chi connectivity index (χ0) is 17.7. The largest absolute Gasteiger partial charge is 0.527 e. The molecule has 0 atom stereocenters. The third-order valence-corrected chi connectivity index (χ3v) is 1.79. The molecule has 0 unspecified atom stereocenters. The van der Waals surface area contributed by atoms with E-state index in [2.05, 4.69) is 13.8 Å². The van der Waals surface area contributed by atoms with Crippen LogP contribution in [0.25, 0.3) is 0 Å². The Hall–Kier alpha value is -0.500. The molecule has 0 amide bonds. The van der Waals surface area contributed by atoms with Gasteiger partial charge in [0.2, 0.25) is 0 Å². The van der Waals surface area contributed by atoms with Gasteiger partial charge in [0.05, 0.1) is 18.5 Å². The summed E-state index contributed by atoms with van der Waals surface area (Å²) < 4.78 is 123. The maximum atomic E-state index is 12.8. The molecule has 0 saturated carbocycles. The minimum absolute atomic E-state index is 0.0523. The molecule has 0 heterocycles. The Kier molecular flexibility index (Phi) is 7.68. The van der Waals surface area contributed by atoms with Gasteiger partial charge in [-0.3, -0.25) is 4.29 Å². The van der Waals surface area contributed by atoms with E-state index in [0.717, 1.165) is 0 Å². The van der Waals surface area contributed by atoms with Crippen LogP contribution in [0.1, 0.15) is 6.42 Å². The van der Waals surface area contributed by atoms with Crippen LogP contribution in [0.4, 0.5) is 39.5 Å². The van der Waals surface area contributed by atoms with E-state index in [1.165, 1.54) is 0 Å². The van der Waals surface area contributed by atoms with E-state index in [0.29, 0.717) is 0 Å². The second kappa shape index (κ2) is 7.86. The van der Waals surface area contributed by atoms with Gasteiger partial charge >= 0.3 is 24.7 Å². The molecular formula is C8H8ClF9O4. The summed E-state index contributed by atoms with van der Waals surface area (Å²) >= 11 is 4.74. The minimum atomic E-state index is -6.37. The van der Waals surface area contributed by atoms with Crippen LogP contribution >= 0.6 is 11.9 Å². The molecular weight excluding hydrogens is 367 g/mol. The van der Waals surface area contributed by atoms with E-state index in [1.54, 1.807) is 4.74 Å². The molecule has 0 radical (unpaired) electrons. The summed E-state index contributed by atoms with van der Waals surface area (Å²) in [6.07, 6.45) is -23.9. The van der Waals surface area contributed by atoms with E-state index < -0.39 is 37.9 Å². The molecule has 0 rings (SSSR count). The zero-order valence-electron chi connectivity index (χ0n) is 10.2. The van der Waals surface area contributed by atoms with E-state index in [4.69, 9.17) is 11.9 Å². The molecule has 0 fully saturated rings. The number of halogens is 10. The van der Waals surface area contributed by atoms with E-state index in [1.807, 2.05) is 0 Å². The molecule has 0 aromatic rings. The SMILES string of the molecule is FC(F)(F)OC(F)(F)C(F)(F)OC(F)(F)COCCCOCl. The van der Waals surface area contributed by atoms with Crippen molar-refractivity contribution in [3.63, 3.8) is 0 Å². The first-order valence-electron chi connectivity index (χ1n) is 5.14. The van der Waals surface area contributed by atoms with Gasteiger partial charge in [0.1, 0.15) is 6.61 Å². The molecule has 0 saturated heterocycles. The summed E-state index contributed by atoms with van der Waals surface area (Å²) in [4.78, 5) is 0. The molecule has 14 heteroatoms. The Balaban J connectivity index is 4.59. The highest BCUT2D eigenvalue weighted by molar-refractivity contribution is 6.07. The van der Waals surface area contributed by atoms with Gasteiger partial charge in [0.15, 0.2) is 0 Å². The number of rotatable bonds is 10. The fraction of sp³-hybridized carbons (Fsp3) is 1.00. The molecule has 0 spiro atoms. The lowest BCUT2D eigenvalue weighted by molar-refractivity contribution is -0.530. The third kappa shape index (κ3) is 8.22. The van der Waals surface area contributed by atoms with Crippen LogP contribution in [-0.2, 0) is 18.5 Å². The van der Waals surface area contributed by atoms with Crippen molar-refractivity contribution in [3.8, 4) is 0 Å². The molecule has 0 bridgehead atoms. The van der Waals surface area contributed by atoms with Crippen molar-refractivity contribution in [2.45, 2.75) is 31.1 Å². The standard InChI is InChI=1S/C8H8ClF9O4/c9-20-3-1-2-19-4-5(10,11)21-6(12,13)7(14,15)22-8(16,17)18/h1-4H2. The molecule has 4 nitrogen and oxygen atoms in total. The molecule has 0 aromatic heterocycles. The minimum Gasteiger partial charge on any atom is -0.372 e. The molecule has 0 aliphatic carbocycles. The second-order valence-electron chi connectivity index (χ2n) is 3.54. The van der Waals surface area contributed by atoms with Crippen molar-refractivity contribution < 1.29 is 58.0 Å². The highest BCUT2D eigenvalue weighted by Gasteiger charge is 2.67. The number of ether oxygens (including phenoxy) is 3. The van der Waals surface area contributed by atoms with Gasteiger partial charge in [-0.2, -0.15) is 26.3 Å². The highest BCUT2D eigenvalue weighted by atomic mass is 35.5. The summed E-state index contributed by atoms with van der Waals surface area (Å²) in [5.74, 6) is 0. The van der Waals surface area contributed by atoms with Crippen molar-refractivity contribution in [1.29, 1.82) is 0 Å². The third-order valence-electron chi connectivity index (χ3n) is 1.64. The van der Waals surface area contributed by atoms with Gasteiger partial charge in [-0.15, -0.1) is 13.2 Å². The van der Waals surface area contributed by atoms with Crippen LogP contribution in [0, 0.1) is 0 Å². The maximum absolute atomic E-state index is 12.8. The summed E-state index contributed by atoms with van der Waals surface area (Å²) in [5, 5.41) is 0. The number of hydrogen-bond acceptors (Lipinski definition) is 4. The fourth-order valence-corrected chi connectivity index (χ4v) is 0.997. The first-order chi connectivity index (χ1) is 9.72. The highest BCUT2D eigenvalue weighted by Crippen LogP contribution is 2.43. The number of alkyl halides is 9. The summed E-state index contributed by atoms with van der Waals surface area (Å²) in [6.45, 7) is -2.57. The smallest absolute Gasteiger partial charge is 0.372 e. The van der Waals surface area contributed by atoms with Gasteiger partial charge in [-0.25, -0.2) is 9.47 Å².